The second kappa shape index (κ2) is 21.6. The van der Waals surface area contributed by atoms with Crippen LogP contribution in [0.25, 0.3) is 22.3 Å². The van der Waals surface area contributed by atoms with Gasteiger partial charge in [0.2, 0.25) is 0 Å². The number of benzene rings is 2. The normalized spacial score (nSPS) is 20.2. The van der Waals surface area contributed by atoms with E-state index in [1.54, 1.807) is 68.0 Å². The van der Waals surface area contributed by atoms with Gasteiger partial charge < -0.3 is 20.4 Å². The molecule has 0 bridgehead atoms. The molecule has 392 valence electrons. The molecule has 2 aliphatic heterocycles. The number of urea groups is 2. The van der Waals surface area contributed by atoms with Gasteiger partial charge in [0, 0.05) is 63.1 Å². The van der Waals surface area contributed by atoms with Crippen molar-refractivity contribution >= 4 is 34.4 Å². The highest BCUT2D eigenvalue weighted by Gasteiger charge is 2.34. The van der Waals surface area contributed by atoms with Crippen molar-refractivity contribution in [2.24, 2.45) is 0 Å². The molecular formula is C56H56F4N12O4. The van der Waals surface area contributed by atoms with Crippen molar-refractivity contribution in [1.29, 1.82) is 0 Å². The molecule has 20 heteroatoms. The maximum Gasteiger partial charge on any atom is 0.327 e. The number of hydrogen-bond donors (Lipinski definition) is 4. The topological polar surface area (TPSA) is 192 Å². The van der Waals surface area contributed by atoms with Crippen LogP contribution in [-0.2, 0) is 12.8 Å². The largest absolute Gasteiger partial charge is 0.330 e. The highest BCUT2D eigenvalue weighted by molar-refractivity contribution is 5.76. The quantitative estimate of drug-likeness (QED) is 0.0936. The zero-order chi connectivity index (χ0) is 52.5. The van der Waals surface area contributed by atoms with E-state index in [4.69, 9.17) is 0 Å². The van der Waals surface area contributed by atoms with E-state index in [0.29, 0.717) is 113 Å². The predicted octanol–water partition coefficient (Wildman–Crippen LogP) is 9.21. The fourth-order valence-electron chi connectivity index (χ4n) is 11.9. The van der Waals surface area contributed by atoms with E-state index in [9.17, 15) is 36.7 Å². The Hall–Kier alpha value is -8.16. The molecule has 4 atom stereocenters. The molecule has 4 N–H and O–H groups in total. The molecule has 0 unspecified atom stereocenters. The number of carbonyl (C=O) groups excluding carboxylic acids is 2. The molecule has 12 rings (SSSR count). The molecule has 2 fully saturated rings. The fourth-order valence-corrected chi connectivity index (χ4v) is 11.9. The zero-order valence-corrected chi connectivity index (χ0v) is 41.5. The van der Waals surface area contributed by atoms with Crippen molar-refractivity contribution in [3.05, 3.63) is 188 Å². The molecule has 0 radical (unpaired) electrons. The molecule has 0 spiro atoms. The highest BCUT2D eigenvalue weighted by Crippen LogP contribution is 2.39. The van der Waals surface area contributed by atoms with Gasteiger partial charge in [0.25, 0.3) is 0 Å². The molecule has 2 aliphatic carbocycles. The van der Waals surface area contributed by atoms with Crippen LogP contribution in [0.3, 0.4) is 0 Å². The third-order valence-electron chi connectivity index (χ3n) is 15.7. The Bertz CT molecular complexity index is 3310. The van der Waals surface area contributed by atoms with Crippen LogP contribution in [0.5, 0.6) is 0 Å². The Morgan fingerprint density at radius 2 is 0.882 bits per heavy atom. The van der Waals surface area contributed by atoms with Crippen LogP contribution in [-0.4, -0.2) is 87.1 Å². The maximum absolute atomic E-state index is 14.6. The van der Waals surface area contributed by atoms with Crippen LogP contribution < -0.4 is 22.0 Å². The van der Waals surface area contributed by atoms with Crippen molar-refractivity contribution in [1.82, 2.24) is 59.5 Å². The van der Waals surface area contributed by atoms with Crippen molar-refractivity contribution in [3.8, 4) is 0 Å². The third kappa shape index (κ3) is 10.1. The fraction of sp³-hybridized carbons (Fsp3) is 0.357. The minimum atomic E-state index is -0.849. The Morgan fingerprint density at radius 1 is 0.487 bits per heavy atom. The van der Waals surface area contributed by atoms with Crippen LogP contribution >= 0.6 is 0 Å². The number of carbonyl (C=O) groups is 2. The number of nitrogens with one attached hydrogen (secondary N) is 4. The Labute approximate surface area is 433 Å². The number of fused-ring (bicyclic) bond motifs is 4. The van der Waals surface area contributed by atoms with Gasteiger partial charge in [0.05, 0.1) is 34.5 Å². The number of hydrogen-bond acceptors (Lipinski definition) is 8. The number of nitrogens with zero attached hydrogens (tertiary/aromatic N) is 8. The van der Waals surface area contributed by atoms with Gasteiger partial charge in [0.1, 0.15) is 0 Å². The number of aromatic nitrogens is 8. The van der Waals surface area contributed by atoms with E-state index in [2.05, 4.69) is 40.5 Å². The lowest BCUT2D eigenvalue weighted by atomic mass is 9.90. The van der Waals surface area contributed by atoms with Crippen molar-refractivity contribution < 1.29 is 27.2 Å². The zero-order valence-electron chi connectivity index (χ0n) is 41.5. The average Bonchev–Trinajstić information content (AvgIpc) is 3.83. The van der Waals surface area contributed by atoms with Gasteiger partial charge in [-0.25, -0.2) is 46.7 Å². The lowest BCUT2D eigenvalue weighted by Gasteiger charge is -2.33. The smallest absolute Gasteiger partial charge is 0.327 e. The Balaban J connectivity index is 0.000000162. The third-order valence-corrected chi connectivity index (χ3v) is 15.7. The van der Waals surface area contributed by atoms with Gasteiger partial charge in [-0.3, -0.25) is 29.1 Å². The molecular weight excluding hydrogens is 981 g/mol. The van der Waals surface area contributed by atoms with Gasteiger partial charge >= 0.3 is 23.4 Å². The first-order valence-electron chi connectivity index (χ1n) is 26.0. The van der Waals surface area contributed by atoms with E-state index in [-0.39, 0.29) is 59.4 Å². The maximum atomic E-state index is 14.6. The summed E-state index contributed by atoms with van der Waals surface area (Å²) < 4.78 is 60.5. The summed E-state index contributed by atoms with van der Waals surface area (Å²) in [6.45, 7) is 2.03. The van der Waals surface area contributed by atoms with Crippen LogP contribution in [0.4, 0.5) is 27.2 Å². The average molecular weight is 1040 g/mol. The number of piperidine rings is 2. The highest BCUT2D eigenvalue weighted by atomic mass is 19.2. The number of pyridine rings is 4. The van der Waals surface area contributed by atoms with Crippen molar-refractivity contribution in [2.75, 3.05) is 26.2 Å². The number of rotatable bonds is 6. The number of imidazole rings is 2. The molecule has 76 heavy (non-hydrogen) atoms. The standard InChI is InChI=1S/2C28H28F2N6O2/c2*29-21-6-1-5-20(24(21)30)17-8-9-22(25-18(16-17)4-2-12-31-25)33-27(37)35-14-10-19(11-15-35)36-23-7-3-13-32-26(23)34-28(36)38/h2*1-7,12-13,17,19,22H,8-11,14-16H2,(H,33,37)(H,32,34,38)/t2*17-,22-/m10/s1. The minimum Gasteiger partial charge on any atom is -0.330 e. The SMILES string of the molecule is O=C(N[C@@H]1CC[C@@H](c2cccc(F)c2F)Cc2cccnc21)N1CCC(n2c(=O)[nH]c3ncccc32)CC1.O=C(N[C@H]1CC[C@H](c2cccc(F)c2F)Cc2cccnc21)N1CCC(n2c(=O)[nH]c3ncccc32)CC1. The van der Waals surface area contributed by atoms with Gasteiger partial charge in [-0.15, -0.1) is 0 Å². The van der Waals surface area contributed by atoms with Crippen LogP contribution in [0.15, 0.2) is 119 Å². The predicted molar refractivity (Wildman–Crippen MR) is 275 cm³/mol. The molecule has 2 saturated heterocycles. The van der Waals surface area contributed by atoms with Gasteiger partial charge in [0.15, 0.2) is 34.6 Å². The second-order valence-electron chi connectivity index (χ2n) is 20.1. The molecule has 16 nitrogen and oxygen atoms in total. The van der Waals surface area contributed by atoms with E-state index in [1.165, 1.54) is 12.1 Å². The summed E-state index contributed by atoms with van der Waals surface area (Å²) in [5, 5.41) is 6.29. The molecule has 4 amide bonds. The summed E-state index contributed by atoms with van der Waals surface area (Å²) in [5.74, 6) is -3.74. The van der Waals surface area contributed by atoms with E-state index in [0.717, 1.165) is 45.7 Å². The summed E-state index contributed by atoms with van der Waals surface area (Å²) in [4.78, 5) is 78.5. The number of likely N-dealkylation sites (tertiary alicyclic amines) is 2. The monoisotopic (exact) mass is 1040 g/mol. The van der Waals surface area contributed by atoms with Gasteiger partial charge in [-0.2, -0.15) is 0 Å². The van der Waals surface area contributed by atoms with Gasteiger partial charge in [-0.1, -0.05) is 36.4 Å². The summed E-state index contributed by atoms with van der Waals surface area (Å²) in [6, 6.07) is 22.4. The molecule has 4 aliphatic rings. The first-order chi connectivity index (χ1) is 37.0. The lowest BCUT2D eigenvalue weighted by molar-refractivity contribution is 0.167. The first kappa shape index (κ1) is 50.0. The van der Waals surface area contributed by atoms with E-state index >= 15 is 0 Å². The second-order valence-corrected chi connectivity index (χ2v) is 20.1. The van der Waals surface area contributed by atoms with Crippen molar-refractivity contribution in [3.63, 3.8) is 0 Å². The molecule has 6 aromatic heterocycles. The number of aromatic amines is 2. The summed E-state index contributed by atoms with van der Waals surface area (Å²) >= 11 is 0. The van der Waals surface area contributed by atoms with E-state index in [1.807, 2.05) is 36.4 Å². The van der Waals surface area contributed by atoms with E-state index < -0.39 is 23.3 Å². The van der Waals surface area contributed by atoms with Crippen LogP contribution in [0.2, 0.25) is 0 Å². The lowest BCUT2D eigenvalue weighted by Crippen LogP contribution is -2.46. The molecule has 0 saturated carbocycles. The summed E-state index contributed by atoms with van der Waals surface area (Å²) in [6.07, 6.45) is 12.6. The van der Waals surface area contributed by atoms with Gasteiger partial charge in [-0.05, 0) is 147 Å². The molecule has 8 heterocycles. The van der Waals surface area contributed by atoms with Crippen LogP contribution in [0.1, 0.15) is 121 Å². The number of halogens is 4. The number of amides is 4. The summed E-state index contributed by atoms with van der Waals surface area (Å²) in [5.41, 5.74) is 6.40. The first-order valence-corrected chi connectivity index (χ1v) is 26.0. The molecule has 2 aromatic carbocycles. The Kier molecular flexibility index (Phi) is 14.2. The Morgan fingerprint density at radius 3 is 1.30 bits per heavy atom. The minimum absolute atomic E-state index is 0.0216. The summed E-state index contributed by atoms with van der Waals surface area (Å²) in [7, 11) is 0. The molecule has 8 aromatic rings. The number of H-pyrrole nitrogens is 2. The van der Waals surface area contributed by atoms with Crippen molar-refractivity contribution in [2.45, 2.75) is 100 Å². The van der Waals surface area contributed by atoms with Crippen LogP contribution in [0, 0.1) is 23.3 Å².